The monoisotopic (exact) mass is 239 g/mol. The van der Waals surface area contributed by atoms with E-state index in [0.717, 1.165) is 31.6 Å². The lowest BCUT2D eigenvalue weighted by atomic mass is 9.52. The fraction of sp³-hybridized carbons (Fsp3) is 1.00. The Morgan fingerprint density at radius 2 is 1.82 bits per heavy atom. The van der Waals surface area contributed by atoms with Crippen molar-refractivity contribution < 1.29 is 5.11 Å². The molecule has 0 aromatic rings. The van der Waals surface area contributed by atoms with Crippen LogP contribution < -0.4 is 5.73 Å². The summed E-state index contributed by atoms with van der Waals surface area (Å²) in [5.41, 5.74) is 5.65. The van der Waals surface area contributed by atoms with Gasteiger partial charge in [0.05, 0.1) is 5.60 Å². The standard InChI is InChI=1S/C15H29NO/c1-3-4-13-5-7-14(11-16,8-6-13)15(17)9-12(2)10-15/h12-13,17H,3-11,16H2,1-2H3. The molecule has 0 radical (unpaired) electrons. The highest BCUT2D eigenvalue weighted by atomic mass is 16.3. The number of hydrogen-bond acceptors (Lipinski definition) is 2. The van der Waals surface area contributed by atoms with E-state index in [9.17, 15) is 5.11 Å². The topological polar surface area (TPSA) is 46.2 Å². The molecule has 0 atom stereocenters. The van der Waals surface area contributed by atoms with Crippen LogP contribution in [0, 0.1) is 17.3 Å². The molecule has 0 spiro atoms. The summed E-state index contributed by atoms with van der Waals surface area (Å²) in [6.45, 7) is 5.18. The molecule has 0 bridgehead atoms. The molecule has 0 amide bonds. The predicted octanol–water partition coefficient (Wildman–Crippen LogP) is 3.08. The Kier molecular flexibility index (Phi) is 3.84. The quantitative estimate of drug-likeness (QED) is 0.792. The molecule has 3 N–H and O–H groups in total. The molecule has 17 heavy (non-hydrogen) atoms. The Bertz CT molecular complexity index is 250. The molecule has 100 valence electrons. The molecule has 0 saturated heterocycles. The molecule has 2 saturated carbocycles. The third-order valence-corrected chi connectivity index (χ3v) is 5.51. The Labute approximate surface area is 106 Å². The van der Waals surface area contributed by atoms with Gasteiger partial charge in [0.15, 0.2) is 0 Å². The fourth-order valence-corrected chi connectivity index (χ4v) is 4.31. The Balaban J connectivity index is 1.98. The van der Waals surface area contributed by atoms with E-state index in [1.807, 2.05) is 0 Å². The summed E-state index contributed by atoms with van der Waals surface area (Å²) in [4.78, 5) is 0. The van der Waals surface area contributed by atoms with E-state index in [2.05, 4.69) is 13.8 Å². The molecule has 2 heteroatoms. The van der Waals surface area contributed by atoms with Gasteiger partial charge in [-0.1, -0.05) is 26.7 Å². The van der Waals surface area contributed by atoms with E-state index in [-0.39, 0.29) is 5.41 Å². The molecule has 0 aromatic carbocycles. The summed E-state index contributed by atoms with van der Waals surface area (Å²) in [6, 6.07) is 0. The van der Waals surface area contributed by atoms with Crippen LogP contribution in [-0.4, -0.2) is 17.3 Å². The molecule has 2 rings (SSSR count). The first kappa shape index (κ1) is 13.4. The summed E-state index contributed by atoms with van der Waals surface area (Å²) < 4.78 is 0. The SMILES string of the molecule is CCCC1CCC(CN)(C2(O)CC(C)C2)CC1. The second kappa shape index (κ2) is 4.89. The smallest absolute Gasteiger partial charge is 0.0720 e. The van der Waals surface area contributed by atoms with Crippen molar-refractivity contribution in [1.29, 1.82) is 0 Å². The van der Waals surface area contributed by atoms with Crippen LogP contribution in [-0.2, 0) is 0 Å². The van der Waals surface area contributed by atoms with Gasteiger partial charge in [0, 0.05) is 12.0 Å². The zero-order valence-corrected chi connectivity index (χ0v) is 11.5. The number of hydrogen-bond donors (Lipinski definition) is 2. The van der Waals surface area contributed by atoms with E-state index >= 15 is 0 Å². The minimum atomic E-state index is -0.432. The number of rotatable bonds is 4. The summed E-state index contributed by atoms with van der Waals surface area (Å²) in [5, 5.41) is 10.8. The number of nitrogens with two attached hydrogens (primary N) is 1. The second-order valence-electron chi connectivity index (χ2n) is 6.76. The van der Waals surface area contributed by atoms with Crippen molar-refractivity contribution in [3.05, 3.63) is 0 Å². The highest BCUT2D eigenvalue weighted by Crippen LogP contribution is 2.56. The molecule has 2 aliphatic rings. The normalized spacial score (nSPS) is 46.6. The Morgan fingerprint density at radius 1 is 1.24 bits per heavy atom. The van der Waals surface area contributed by atoms with Crippen molar-refractivity contribution in [2.45, 2.75) is 70.8 Å². The average Bonchev–Trinajstić information content (AvgIpc) is 2.29. The van der Waals surface area contributed by atoms with Crippen LogP contribution >= 0.6 is 0 Å². The van der Waals surface area contributed by atoms with Gasteiger partial charge in [0.1, 0.15) is 0 Å². The summed E-state index contributed by atoms with van der Waals surface area (Å²) >= 11 is 0. The third-order valence-electron chi connectivity index (χ3n) is 5.51. The molecule has 2 aliphatic carbocycles. The van der Waals surface area contributed by atoms with Gasteiger partial charge in [0.25, 0.3) is 0 Å². The first-order valence-corrected chi connectivity index (χ1v) is 7.48. The molecular formula is C15H29NO. The van der Waals surface area contributed by atoms with Gasteiger partial charge < -0.3 is 10.8 Å². The van der Waals surface area contributed by atoms with Gasteiger partial charge in [-0.3, -0.25) is 0 Å². The minimum Gasteiger partial charge on any atom is -0.389 e. The van der Waals surface area contributed by atoms with Crippen LogP contribution in [0.4, 0.5) is 0 Å². The summed E-state index contributed by atoms with van der Waals surface area (Å²) in [7, 11) is 0. The molecule has 0 aliphatic heterocycles. The van der Waals surface area contributed by atoms with E-state index < -0.39 is 5.60 Å². The minimum absolute atomic E-state index is 0.0454. The molecule has 2 fully saturated rings. The predicted molar refractivity (Wildman–Crippen MR) is 71.7 cm³/mol. The second-order valence-corrected chi connectivity index (χ2v) is 6.76. The zero-order chi connectivity index (χ0) is 12.5. The molecule has 0 aromatic heterocycles. The van der Waals surface area contributed by atoms with E-state index in [1.54, 1.807) is 0 Å². The van der Waals surface area contributed by atoms with Crippen molar-refractivity contribution in [2.24, 2.45) is 23.0 Å². The maximum absolute atomic E-state index is 10.8. The van der Waals surface area contributed by atoms with Crippen LogP contribution in [0.25, 0.3) is 0 Å². The third kappa shape index (κ3) is 2.26. The van der Waals surface area contributed by atoms with Crippen LogP contribution in [0.15, 0.2) is 0 Å². The van der Waals surface area contributed by atoms with Crippen LogP contribution in [0.2, 0.25) is 0 Å². The zero-order valence-electron chi connectivity index (χ0n) is 11.5. The Morgan fingerprint density at radius 3 is 2.24 bits per heavy atom. The maximum atomic E-state index is 10.8. The van der Waals surface area contributed by atoms with Crippen molar-refractivity contribution in [1.82, 2.24) is 0 Å². The van der Waals surface area contributed by atoms with Crippen molar-refractivity contribution in [2.75, 3.05) is 6.54 Å². The van der Waals surface area contributed by atoms with Crippen molar-refractivity contribution in [3.8, 4) is 0 Å². The van der Waals surface area contributed by atoms with Crippen LogP contribution in [0.1, 0.15) is 65.2 Å². The lowest BCUT2D eigenvalue weighted by Gasteiger charge is -2.57. The highest BCUT2D eigenvalue weighted by Gasteiger charge is 2.56. The highest BCUT2D eigenvalue weighted by molar-refractivity contribution is 5.08. The first-order valence-electron chi connectivity index (χ1n) is 7.48. The van der Waals surface area contributed by atoms with Crippen molar-refractivity contribution >= 4 is 0 Å². The van der Waals surface area contributed by atoms with Gasteiger partial charge in [-0.05, 0) is 50.4 Å². The molecular weight excluding hydrogens is 210 g/mol. The molecule has 2 nitrogen and oxygen atoms in total. The van der Waals surface area contributed by atoms with Gasteiger partial charge in [-0.2, -0.15) is 0 Å². The van der Waals surface area contributed by atoms with E-state index in [0.29, 0.717) is 12.5 Å². The number of aliphatic hydroxyl groups is 1. The van der Waals surface area contributed by atoms with Gasteiger partial charge in [0.2, 0.25) is 0 Å². The average molecular weight is 239 g/mol. The summed E-state index contributed by atoms with van der Waals surface area (Å²) in [5.74, 6) is 1.58. The Hall–Kier alpha value is -0.0800. The lowest BCUT2D eigenvalue weighted by molar-refractivity contribution is -0.176. The maximum Gasteiger partial charge on any atom is 0.0720 e. The van der Waals surface area contributed by atoms with Crippen molar-refractivity contribution in [3.63, 3.8) is 0 Å². The van der Waals surface area contributed by atoms with E-state index in [1.165, 1.54) is 25.7 Å². The first-order chi connectivity index (χ1) is 8.05. The molecule has 0 unspecified atom stereocenters. The largest absolute Gasteiger partial charge is 0.389 e. The van der Waals surface area contributed by atoms with Gasteiger partial charge in [-0.25, -0.2) is 0 Å². The summed E-state index contributed by atoms with van der Waals surface area (Å²) in [6.07, 6.45) is 9.46. The van der Waals surface area contributed by atoms with Crippen LogP contribution in [0.5, 0.6) is 0 Å². The fourth-order valence-electron chi connectivity index (χ4n) is 4.31. The van der Waals surface area contributed by atoms with Gasteiger partial charge in [-0.15, -0.1) is 0 Å². The lowest BCUT2D eigenvalue weighted by Crippen LogP contribution is -2.60. The van der Waals surface area contributed by atoms with E-state index in [4.69, 9.17) is 5.73 Å². The van der Waals surface area contributed by atoms with Gasteiger partial charge >= 0.3 is 0 Å². The molecule has 0 heterocycles. The van der Waals surface area contributed by atoms with Crippen LogP contribution in [0.3, 0.4) is 0 Å².